The van der Waals surface area contributed by atoms with Gasteiger partial charge in [-0.05, 0) is 49.8 Å². The molecule has 1 heterocycles. The van der Waals surface area contributed by atoms with Crippen LogP contribution in [0.25, 0.3) is 0 Å². The second-order valence-corrected chi connectivity index (χ2v) is 7.33. The number of likely N-dealkylation sites (tertiary alicyclic amines) is 1. The number of rotatable bonds is 4. The minimum absolute atomic E-state index is 0.102. The number of hydrogen-bond acceptors (Lipinski definition) is 2. The van der Waals surface area contributed by atoms with Crippen molar-refractivity contribution in [3.63, 3.8) is 0 Å². The van der Waals surface area contributed by atoms with Crippen LogP contribution in [0.4, 0.5) is 4.79 Å². The first-order chi connectivity index (χ1) is 11.3. The first-order valence-corrected chi connectivity index (χ1v) is 8.77. The molecule has 1 aromatic carbocycles. The van der Waals surface area contributed by atoms with Crippen LogP contribution in [0.15, 0.2) is 24.3 Å². The zero-order valence-electron chi connectivity index (χ0n) is 15.1. The van der Waals surface area contributed by atoms with Gasteiger partial charge in [-0.25, -0.2) is 4.79 Å². The average Bonchev–Trinajstić information content (AvgIpc) is 2.51. The first-order valence-electron chi connectivity index (χ1n) is 8.77. The molecule has 3 amide bonds. The number of piperidine rings is 1. The Morgan fingerprint density at radius 3 is 2.25 bits per heavy atom. The third kappa shape index (κ3) is 5.25. The van der Waals surface area contributed by atoms with E-state index in [-0.39, 0.29) is 18.0 Å². The lowest BCUT2D eigenvalue weighted by atomic mass is 9.91. The molecule has 132 valence electrons. The van der Waals surface area contributed by atoms with E-state index in [2.05, 4.69) is 24.5 Å². The summed E-state index contributed by atoms with van der Waals surface area (Å²) in [5.41, 5.74) is 1.69. The second-order valence-electron chi connectivity index (χ2n) is 7.33. The van der Waals surface area contributed by atoms with Crippen molar-refractivity contribution in [1.29, 1.82) is 0 Å². The topological polar surface area (TPSA) is 61.4 Å². The van der Waals surface area contributed by atoms with Gasteiger partial charge in [0.1, 0.15) is 0 Å². The number of nitrogens with zero attached hydrogens (tertiary/aromatic N) is 1. The smallest absolute Gasteiger partial charge is 0.315 e. The standard InChI is InChI=1S/C19H29N3O2/c1-13(2)21-19(24)20-10-16-5-7-17(8-6-16)18(23)22-11-14(3)9-15(4)12-22/h5-8,13-15H,9-12H2,1-4H3,(H2,20,21,24)/t14-,15-/m0/s1. The summed E-state index contributed by atoms with van der Waals surface area (Å²) in [4.78, 5) is 26.2. The van der Waals surface area contributed by atoms with Gasteiger partial charge in [-0.2, -0.15) is 0 Å². The molecule has 5 nitrogen and oxygen atoms in total. The molecule has 1 aliphatic heterocycles. The number of hydrogen-bond donors (Lipinski definition) is 2. The number of amides is 3. The molecule has 1 fully saturated rings. The van der Waals surface area contributed by atoms with Crippen molar-refractivity contribution >= 4 is 11.9 Å². The van der Waals surface area contributed by atoms with Gasteiger partial charge in [0.15, 0.2) is 0 Å². The number of benzene rings is 1. The predicted molar refractivity (Wildman–Crippen MR) is 95.8 cm³/mol. The number of urea groups is 1. The Balaban J connectivity index is 1.91. The van der Waals surface area contributed by atoms with E-state index in [4.69, 9.17) is 0 Å². The normalized spacial score (nSPS) is 20.8. The van der Waals surface area contributed by atoms with Gasteiger partial charge in [-0.1, -0.05) is 26.0 Å². The molecule has 1 aliphatic rings. The predicted octanol–water partition coefficient (Wildman–Crippen LogP) is 3.01. The molecule has 0 bridgehead atoms. The number of carbonyl (C=O) groups is 2. The van der Waals surface area contributed by atoms with E-state index in [9.17, 15) is 9.59 Å². The maximum atomic E-state index is 12.6. The molecule has 5 heteroatoms. The highest BCUT2D eigenvalue weighted by atomic mass is 16.2. The van der Waals surface area contributed by atoms with Gasteiger partial charge >= 0.3 is 6.03 Å². The van der Waals surface area contributed by atoms with Gasteiger partial charge in [0.25, 0.3) is 5.91 Å². The van der Waals surface area contributed by atoms with Crippen molar-refractivity contribution in [2.45, 2.75) is 46.7 Å². The van der Waals surface area contributed by atoms with Gasteiger partial charge in [0.05, 0.1) is 0 Å². The lowest BCUT2D eigenvalue weighted by Crippen LogP contribution is -2.42. The molecule has 2 atom stereocenters. The fraction of sp³-hybridized carbons (Fsp3) is 0.579. The Bertz CT molecular complexity index is 558. The maximum Gasteiger partial charge on any atom is 0.315 e. The molecule has 0 spiro atoms. The maximum absolute atomic E-state index is 12.6. The van der Waals surface area contributed by atoms with E-state index in [0.717, 1.165) is 18.7 Å². The van der Waals surface area contributed by atoms with E-state index in [1.54, 1.807) is 0 Å². The average molecular weight is 331 g/mol. The third-order valence-electron chi connectivity index (χ3n) is 4.23. The van der Waals surface area contributed by atoms with Crippen molar-refractivity contribution in [3.05, 3.63) is 35.4 Å². The Hall–Kier alpha value is -2.04. The lowest BCUT2D eigenvalue weighted by molar-refractivity contribution is 0.0623. The van der Waals surface area contributed by atoms with Crippen LogP contribution < -0.4 is 10.6 Å². The monoisotopic (exact) mass is 331 g/mol. The number of nitrogens with one attached hydrogen (secondary N) is 2. The van der Waals surface area contributed by atoms with Crippen LogP contribution in [-0.4, -0.2) is 36.0 Å². The van der Waals surface area contributed by atoms with Crippen LogP contribution in [0.1, 0.15) is 50.0 Å². The van der Waals surface area contributed by atoms with Crippen LogP contribution in [0.3, 0.4) is 0 Å². The summed E-state index contributed by atoms with van der Waals surface area (Å²) >= 11 is 0. The Kier molecular flexibility index (Phi) is 6.23. The van der Waals surface area contributed by atoms with Gasteiger partial charge in [-0.3, -0.25) is 4.79 Å². The van der Waals surface area contributed by atoms with Gasteiger partial charge in [-0.15, -0.1) is 0 Å². The zero-order valence-corrected chi connectivity index (χ0v) is 15.1. The minimum Gasteiger partial charge on any atom is -0.338 e. The Labute approximate surface area is 144 Å². The molecular weight excluding hydrogens is 302 g/mol. The van der Waals surface area contributed by atoms with Crippen LogP contribution in [0.2, 0.25) is 0 Å². The molecule has 2 N–H and O–H groups in total. The fourth-order valence-electron chi connectivity index (χ4n) is 3.27. The van der Waals surface area contributed by atoms with Crippen LogP contribution in [-0.2, 0) is 6.54 Å². The van der Waals surface area contributed by atoms with Gasteiger partial charge in [0, 0.05) is 31.2 Å². The van der Waals surface area contributed by atoms with E-state index in [0.29, 0.717) is 23.9 Å². The molecule has 0 saturated carbocycles. The van der Waals surface area contributed by atoms with Crippen molar-refractivity contribution < 1.29 is 9.59 Å². The summed E-state index contributed by atoms with van der Waals surface area (Å²) < 4.78 is 0. The largest absolute Gasteiger partial charge is 0.338 e. The summed E-state index contributed by atoms with van der Waals surface area (Å²) in [6, 6.07) is 7.44. The highest BCUT2D eigenvalue weighted by molar-refractivity contribution is 5.94. The molecule has 1 saturated heterocycles. The van der Waals surface area contributed by atoms with Crippen LogP contribution in [0.5, 0.6) is 0 Å². The molecule has 24 heavy (non-hydrogen) atoms. The summed E-state index contributed by atoms with van der Waals surface area (Å²) in [5.74, 6) is 1.21. The highest BCUT2D eigenvalue weighted by Crippen LogP contribution is 2.22. The van der Waals surface area contributed by atoms with Crippen molar-refractivity contribution in [2.24, 2.45) is 11.8 Å². The van der Waals surface area contributed by atoms with Crippen molar-refractivity contribution in [2.75, 3.05) is 13.1 Å². The van der Waals surface area contributed by atoms with E-state index in [1.165, 1.54) is 6.42 Å². The molecule has 2 rings (SSSR count). The lowest BCUT2D eigenvalue weighted by Gasteiger charge is -2.35. The van der Waals surface area contributed by atoms with Crippen LogP contribution >= 0.6 is 0 Å². The fourth-order valence-corrected chi connectivity index (χ4v) is 3.27. The Morgan fingerprint density at radius 2 is 1.71 bits per heavy atom. The van der Waals surface area contributed by atoms with Crippen molar-refractivity contribution in [1.82, 2.24) is 15.5 Å². The van der Waals surface area contributed by atoms with Crippen LogP contribution in [0, 0.1) is 11.8 Å². The van der Waals surface area contributed by atoms with E-state index in [1.807, 2.05) is 43.0 Å². The third-order valence-corrected chi connectivity index (χ3v) is 4.23. The molecule has 0 aromatic heterocycles. The molecule has 0 unspecified atom stereocenters. The molecule has 0 radical (unpaired) electrons. The molecule has 0 aliphatic carbocycles. The summed E-state index contributed by atoms with van der Waals surface area (Å²) in [5, 5.41) is 5.59. The summed E-state index contributed by atoms with van der Waals surface area (Å²) in [6.07, 6.45) is 1.19. The first kappa shape index (κ1) is 18.3. The highest BCUT2D eigenvalue weighted by Gasteiger charge is 2.25. The Morgan fingerprint density at radius 1 is 1.12 bits per heavy atom. The summed E-state index contributed by atoms with van der Waals surface area (Å²) in [7, 11) is 0. The number of carbonyl (C=O) groups excluding carboxylic acids is 2. The molecule has 1 aromatic rings. The SMILES string of the molecule is CC(C)NC(=O)NCc1ccc(C(=O)N2C[C@@H](C)C[C@H](C)C2)cc1. The second kappa shape index (κ2) is 8.18. The zero-order chi connectivity index (χ0) is 17.7. The van der Waals surface area contributed by atoms with Gasteiger partial charge in [0.2, 0.25) is 0 Å². The quantitative estimate of drug-likeness (QED) is 0.891. The van der Waals surface area contributed by atoms with Gasteiger partial charge < -0.3 is 15.5 Å². The minimum atomic E-state index is -0.179. The van der Waals surface area contributed by atoms with Crippen molar-refractivity contribution in [3.8, 4) is 0 Å². The van der Waals surface area contributed by atoms with E-state index >= 15 is 0 Å². The van der Waals surface area contributed by atoms with E-state index < -0.39 is 0 Å². The summed E-state index contributed by atoms with van der Waals surface area (Å²) in [6.45, 7) is 10.4. The molecular formula is C19H29N3O2.